The van der Waals surface area contributed by atoms with Crippen LogP contribution < -0.4 is 0 Å². The molecule has 3 aromatic rings. The first-order chi connectivity index (χ1) is 10.2. The first-order valence-corrected chi connectivity index (χ1v) is 7.22. The van der Waals surface area contributed by atoms with E-state index in [9.17, 15) is 4.79 Å². The normalized spacial score (nSPS) is 11.1. The van der Waals surface area contributed by atoms with E-state index in [1.165, 1.54) is 16.6 Å². The molecule has 0 N–H and O–H groups in total. The van der Waals surface area contributed by atoms with Gasteiger partial charge in [-0.25, -0.2) is 4.68 Å². The van der Waals surface area contributed by atoms with Crippen molar-refractivity contribution in [3.63, 3.8) is 0 Å². The largest absolute Gasteiger partial charge is 0.289 e. The molecule has 5 nitrogen and oxygen atoms in total. The second-order valence-corrected chi connectivity index (χ2v) is 5.42. The average molecular weight is 296 g/mol. The number of nitrogens with zero attached hydrogens (tertiary/aromatic N) is 4. The van der Waals surface area contributed by atoms with Crippen LogP contribution in [0.1, 0.15) is 20.8 Å². The fourth-order valence-corrected chi connectivity index (χ4v) is 2.70. The summed E-state index contributed by atoms with van der Waals surface area (Å²) in [5.74, 6) is -0.0438. The molecule has 104 valence electrons. The van der Waals surface area contributed by atoms with Gasteiger partial charge in [-0.2, -0.15) is 0 Å². The Morgan fingerprint density at radius 3 is 2.95 bits per heavy atom. The molecule has 0 amide bonds. The number of hydrogen-bond acceptors (Lipinski definition) is 5. The van der Waals surface area contributed by atoms with Crippen molar-refractivity contribution in [1.29, 1.82) is 0 Å². The second-order valence-electron chi connectivity index (χ2n) is 4.47. The molecule has 1 aromatic carbocycles. The summed E-state index contributed by atoms with van der Waals surface area (Å²) in [5, 5.41) is 13.0. The van der Waals surface area contributed by atoms with Crippen LogP contribution in [0.3, 0.4) is 0 Å². The molecule has 2 aromatic heterocycles. The third-order valence-corrected chi connectivity index (χ3v) is 4.02. The van der Waals surface area contributed by atoms with E-state index in [4.69, 9.17) is 0 Å². The highest BCUT2D eigenvalue weighted by molar-refractivity contribution is 7.11. The molecular weight excluding hydrogens is 284 g/mol. The standard InChI is InChI=1S/C15H12N4OS/c1-11-7-8-21-15(11)6-5-14(20)12-3-2-4-13(9-12)19-10-16-17-18-19/h2-10H,1H3/b6-5+. The Bertz CT molecular complexity index is 790. The Hall–Kier alpha value is -2.60. The van der Waals surface area contributed by atoms with Crippen molar-refractivity contribution in [3.05, 3.63) is 64.1 Å². The van der Waals surface area contributed by atoms with Gasteiger partial charge in [0.1, 0.15) is 6.33 Å². The Morgan fingerprint density at radius 1 is 1.33 bits per heavy atom. The zero-order chi connectivity index (χ0) is 14.7. The molecule has 2 heterocycles. The monoisotopic (exact) mass is 296 g/mol. The van der Waals surface area contributed by atoms with Crippen molar-refractivity contribution in [1.82, 2.24) is 20.2 Å². The number of thiophene rings is 1. The maximum Gasteiger partial charge on any atom is 0.185 e. The van der Waals surface area contributed by atoms with Crippen LogP contribution in [-0.2, 0) is 0 Å². The number of tetrazole rings is 1. The minimum Gasteiger partial charge on any atom is -0.289 e. The summed E-state index contributed by atoms with van der Waals surface area (Å²) in [6, 6.07) is 9.24. The average Bonchev–Trinajstić information content (AvgIpc) is 3.16. The molecule has 0 aliphatic rings. The van der Waals surface area contributed by atoms with Crippen molar-refractivity contribution in [2.24, 2.45) is 0 Å². The van der Waals surface area contributed by atoms with Crippen LogP contribution in [-0.4, -0.2) is 26.0 Å². The van der Waals surface area contributed by atoms with Crippen LogP contribution in [0.5, 0.6) is 0 Å². The first kappa shape index (κ1) is 13.4. The molecule has 0 bridgehead atoms. The number of carbonyl (C=O) groups excluding carboxylic acids is 1. The Kier molecular flexibility index (Phi) is 3.70. The minimum atomic E-state index is -0.0438. The number of carbonyl (C=O) groups is 1. The van der Waals surface area contributed by atoms with Gasteiger partial charge in [0.25, 0.3) is 0 Å². The van der Waals surface area contributed by atoms with Gasteiger partial charge in [-0.3, -0.25) is 4.79 Å². The van der Waals surface area contributed by atoms with E-state index in [0.29, 0.717) is 5.56 Å². The quantitative estimate of drug-likeness (QED) is 0.548. The van der Waals surface area contributed by atoms with Crippen molar-refractivity contribution < 1.29 is 4.79 Å². The lowest BCUT2D eigenvalue weighted by molar-refractivity contribution is 0.104. The van der Waals surface area contributed by atoms with Crippen LogP contribution in [0.25, 0.3) is 11.8 Å². The molecule has 21 heavy (non-hydrogen) atoms. The number of ketones is 1. The number of benzene rings is 1. The van der Waals surface area contributed by atoms with Gasteiger partial charge in [-0.05, 0) is 58.6 Å². The van der Waals surface area contributed by atoms with Gasteiger partial charge in [-0.15, -0.1) is 16.4 Å². The molecule has 0 aliphatic carbocycles. The van der Waals surface area contributed by atoms with Gasteiger partial charge in [0.2, 0.25) is 0 Å². The van der Waals surface area contributed by atoms with Gasteiger partial charge in [-0.1, -0.05) is 12.1 Å². The van der Waals surface area contributed by atoms with E-state index < -0.39 is 0 Å². The molecule has 0 saturated heterocycles. The van der Waals surface area contributed by atoms with Crippen LogP contribution in [0.15, 0.2) is 48.1 Å². The summed E-state index contributed by atoms with van der Waals surface area (Å²) >= 11 is 1.62. The number of rotatable bonds is 4. The Balaban J connectivity index is 1.84. The highest BCUT2D eigenvalue weighted by Crippen LogP contribution is 2.18. The summed E-state index contributed by atoms with van der Waals surface area (Å²) in [7, 11) is 0. The van der Waals surface area contributed by atoms with E-state index >= 15 is 0 Å². The van der Waals surface area contributed by atoms with Crippen molar-refractivity contribution in [2.75, 3.05) is 0 Å². The first-order valence-electron chi connectivity index (χ1n) is 6.34. The van der Waals surface area contributed by atoms with Crippen molar-refractivity contribution in [2.45, 2.75) is 6.92 Å². The van der Waals surface area contributed by atoms with Crippen LogP contribution >= 0.6 is 11.3 Å². The summed E-state index contributed by atoms with van der Waals surface area (Å²) in [6.45, 7) is 2.03. The number of allylic oxidation sites excluding steroid dienone is 1. The van der Waals surface area contributed by atoms with E-state index in [-0.39, 0.29) is 5.78 Å². The fourth-order valence-electron chi connectivity index (χ4n) is 1.88. The van der Waals surface area contributed by atoms with Gasteiger partial charge in [0.05, 0.1) is 5.69 Å². The lowest BCUT2D eigenvalue weighted by atomic mass is 10.1. The predicted octanol–water partition coefficient (Wildman–Crippen LogP) is 2.93. The SMILES string of the molecule is Cc1ccsc1/C=C/C(=O)c1cccc(-n2cnnn2)c1. The summed E-state index contributed by atoms with van der Waals surface area (Å²) in [5.41, 5.74) is 2.53. The second kappa shape index (κ2) is 5.80. The van der Waals surface area contributed by atoms with E-state index in [2.05, 4.69) is 15.5 Å². The van der Waals surface area contributed by atoms with E-state index in [0.717, 1.165) is 10.6 Å². The maximum atomic E-state index is 12.2. The van der Waals surface area contributed by atoms with Crippen LogP contribution in [0, 0.1) is 6.92 Å². The third-order valence-electron chi connectivity index (χ3n) is 3.03. The summed E-state index contributed by atoms with van der Waals surface area (Å²) < 4.78 is 1.52. The van der Waals surface area contributed by atoms with Crippen molar-refractivity contribution in [3.8, 4) is 5.69 Å². The van der Waals surface area contributed by atoms with Crippen LogP contribution in [0.2, 0.25) is 0 Å². The minimum absolute atomic E-state index is 0.0438. The number of aryl methyl sites for hydroxylation is 1. The molecular formula is C15H12N4OS. The van der Waals surface area contributed by atoms with Crippen LogP contribution in [0.4, 0.5) is 0 Å². The molecule has 3 rings (SSSR count). The lowest BCUT2D eigenvalue weighted by Crippen LogP contribution is -1.99. The van der Waals surface area contributed by atoms with Gasteiger partial charge >= 0.3 is 0 Å². The topological polar surface area (TPSA) is 60.7 Å². The van der Waals surface area contributed by atoms with Crippen molar-refractivity contribution >= 4 is 23.2 Å². The summed E-state index contributed by atoms with van der Waals surface area (Å²) in [4.78, 5) is 13.3. The highest BCUT2D eigenvalue weighted by Gasteiger charge is 2.05. The third kappa shape index (κ3) is 2.95. The molecule has 0 fully saturated rings. The van der Waals surface area contributed by atoms with Gasteiger partial charge in [0, 0.05) is 10.4 Å². The zero-order valence-corrected chi connectivity index (χ0v) is 12.1. The molecule has 0 radical (unpaired) electrons. The Labute approximate surface area is 125 Å². The van der Waals surface area contributed by atoms with Gasteiger partial charge < -0.3 is 0 Å². The molecule has 0 saturated carbocycles. The molecule has 6 heteroatoms. The zero-order valence-electron chi connectivity index (χ0n) is 11.3. The Morgan fingerprint density at radius 2 is 2.24 bits per heavy atom. The van der Waals surface area contributed by atoms with Gasteiger partial charge in [0.15, 0.2) is 5.78 Å². The maximum absolute atomic E-state index is 12.2. The molecule has 0 atom stereocenters. The molecule has 0 unspecified atom stereocenters. The predicted molar refractivity (Wildman–Crippen MR) is 81.6 cm³/mol. The summed E-state index contributed by atoms with van der Waals surface area (Å²) in [6.07, 6.45) is 4.94. The lowest BCUT2D eigenvalue weighted by Gasteiger charge is -2.01. The molecule has 0 spiro atoms. The number of aromatic nitrogens is 4. The highest BCUT2D eigenvalue weighted by atomic mass is 32.1. The fraction of sp³-hybridized carbons (Fsp3) is 0.0667. The number of hydrogen-bond donors (Lipinski definition) is 0. The smallest absolute Gasteiger partial charge is 0.185 e. The van der Waals surface area contributed by atoms with E-state index in [1.807, 2.05) is 36.6 Å². The van der Waals surface area contributed by atoms with E-state index in [1.54, 1.807) is 29.5 Å². The molecule has 0 aliphatic heterocycles.